The van der Waals surface area contributed by atoms with Crippen LogP contribution < -0.4 is 5.73 Å². The summed E-state index contributed by atoms with van der Waals surface area (Å²) in [5.41, 5.74) is 8.06. The highest BCUT2D eigenvalue weighted by Gasteiger charge is 2.22. The molecule has 1 aromatic heterocycles. The van der Waals surface area contributed by atoms with E-state index in [1.54, 1.807) is 18.5 Å². The SMILES string of the molecule is Nc1ccncc1C(=O)N1CCN(C/C=C/c2ccccc2)CC1. The number of piperazine rings is 1. The third-order valence-electron chi connectivity index (χ3n) is 4.22. The van der Waals surface area contributed by atoms with Crippen molar-refractivity contribution in [1.29, 1.82) is 0 Å². The van der Waals surface area contributed by atoms with Gasteiger partial charge in [0.25, 0.3) is 5.91 Å². The van der Waals surface area contributed by atoms with Crippen LogP contribution in [0.2, 0.25) is 0 Å². The number of hydrogen-bond donors (Lipinski definition) is 1. The maximum Gasteiger partial charge on any atom is 0.257 e. The van der Waals surface area contributed by atoms with E-state index < -0.39 is 0 Å². The average molecular weight is 322 g/mol. The number of carbonyl (C=O) groups excluding carboxylic acids is 1. The molecule has 2 N–H and O–H groups in total. The first-order chi connectivity index (χ1) is 11.7. The highest BCUT2D eigenvalue weighted by molar-refractivity contribution is 5.98. The first-order valence-electron chi connectivity index (χ1n) is 8.17. The van der Waals surface area contributed by atoms with E-state index in [4.69, 9.17) is 5.73 Å². The van der Waals surface area contributed by atoms with Gasteiger partial charge in [0.2, 0.25) is 0 Å². The van der Waals surface area contributed by atoms with Crippen molar-refractivity contribution in [2.75, 3.05) is 38.5 Å². The van der Waals surface area contributed by atoms with E-state index in [2.05, 4.69) is 34.2 Å². The topological polar surface area (TPSA) is 62.5 Å². The van der Waals surface area contributed by atoms with Gasteiger partial charge in [0, 0.05) is 50.8 Å². The summed E-state index contributed by atoms with van der Waals surface area (Å²) < 4.78 is 0. The van der Waals surface area contributed by atoms with Gasteiger partial charge in [0.05, 0.1) is 5.56 Å². The van der Waals surface area contributed by atoms with E-state index in [-0.39, 0.29) is 5.91 Å². The largest absolute Gasteiger partial charge is 0.398 e. The first kappa shape index (κ1) is 16.2. The predicted molar refractivity (Wildman–Crippen MR) is 96.5 cm³/mol. The zero-order valence-electron chi connectivity index (χ0n) is 13.6. The molecule has 0 saturated carbocycles. The Morgan fingerprint density at radius 1 is 1.12 bits per heavy atom. The van der Waals surface area contributed by atoms with Crippen LogP contribution in [0.1, 0.15) is 15.9 Å². The minimum Gasteiger partial charge on any atom is -0.398 e. The van der Waals surface area contributed by atoms with Gasteiger partial charge in [-0.15, -0.1) is 0 Å². The number of amides is 1. The fourth-order valence-corrected chi connectivity index (χ4v) is 2.79. The number of nitrogens with two attached hydrogens (primary N) is 1. The lowest BCUT2D eigenvalue weighted by Gasteiger charge is -2.34. The Balaban J connectivity index is 1.50. The van der Waals surface area contributed by atoms with E-state index in [1.807, 2.05) is 23.1 Å². The molecular formula is C19H22N4O. The van der Waals surface area contributed by atoms with E-state index in [0.29, 0.717) is 24.3 Å². The van der Waals surface area contributed by atoms with Gasteiger partial charge < -0.3 is 10.6 Å². The highest BCUT2D eigenvalue weighted by Crippen LogP contribution is 2.14. The number of benzene rings is 1. The van der Waals surface area contributed by atoms with Gasteiger partial charge in [0.15, 0.2) is 0 Å². The summed E-state index contributed by atoms with van der Waals surface area (Å²) >= 11 is 0. The van der Waals surface area contributed by atoms with Gasteiger partial charge in [-0.2, -0.15) is 0 Å². The summed E-state index contributed by atoms with van der Waals surface area (Å²) in [6.45, 7) is 4.06. The quantitative estimate of drug-likeness (QED) is 0.937. The Morgan fingerprint density at radius 2 is 1.88 bits per heavy atom. The summed E-state index contributed by atoms with van der Waals surface area (Å²) in [4.78, 5) is 20.7. The Kier molecular flexibility index (Phi) is 5.23. The Labute approximate surface area is 142 Å². The summed E-state index contributed by atoms with van der Waals surface area (Å²) in [5.74, 6) is -0.0277. The minimum atomic E-state index is -0.0277. The first-order valence-corrected chi connectivity index (χ1v) is 8.17. The molecule has 0 spiro atoms. The lowest BCUT2D eigenvalue weighted by Crippen LogP contribution is -2.48. The van der Waals surface area contributed by atoms with Crippen molar-refractivity contribution < 1.29 is 4.79 Å². The van der Waals surface area contributed by atoms with Crippen LogP contribution in [0.3, 0.4) is 0 Å². The molecule has 1 fully saturated rings. The molecule has 0 bridgehead atoms. The van der Waals surface area contributed by atoms with Crippen LogP contribution in [0, 0.1) is 0 Å². The molecule has 0 atom stereocenters. The molecule has 0 radical (unpaired) electrons. The number of carbonyl (C=O) groups is 1. The molecule has 124 valence electrons. The van der Waals surface area contributed by atoms with E-state index >= 15 is 0 Å². The highest BCUT2D eigenvalue weighted by atomic mass is 16.2. The molecule has 1 amide bonds. The molecule has 5 heteroatoms. The van der Waals surface area contributed by atoms with Crippen molar-refractivity contribution >= 4 is 17.7 Å². The molecular weight excluding hydrogens is 300 g/mol. The number of hydrogen-bond acceptors (Lipinski definition) is 4. The number of nitrogen functional groups attached to an aromatic ring is 1. The molecule has 0 aliphatic carbocycles. The van der Waals surface area contributed by atoms with Crippen molar-refractivity contribution in [2.24, 2.45) is 0 Å². The van der Waals surface area contributed by atoms with Gasteiger partial charge in [-0.05, 0) is 11.6 Å². The monoisotopic (exact) mass is 322 g/mol. The van der Waals surface area contributed by atoms with Gasteiger partial charge >= 0.3 is 0 Å². The van der Waals surface area contributed by atoms with Gasteiger partial charge in [0.1, 0.15) is 0 Å². The third-order valence-corrected chi connectivity index (χ3v) is 4.22. The maximum atomic E-state index is 12.5. The van der Waals surface area contributed by atoms with Gasteiger partial charge in [-0.25, -0.2) is 0 Å². The maximum absolute atomic E-state index is 12.5. The third kappa shape index (κ3) is 4.00. The molecule has 24 heavy (non-hydrogen) atoms. The summed E-state index contributed by atoms with van der Waals surface area (Å²) in [5, 5.41) is 0. The number of pyridine rings is 1. The second kappa shape index (κ2) is 7.75. The molecule has 3 rings (SSSR count). The van der Waals surface area contributed by atoms with Gasteiger partial charge in [-0.1, -0.05) is 42.5 Å². The predicted octanol–water partition coefficient (Wildman–Crippen LogP) is 2.14. The standard InChI is InChI=1S/C19H22N4O/c20-18-8-9-21-15-17(18)19(24)23-13-11-22(12-14-23)10-4-7-16-5-2-1-3-6-16/h1-9,15H,10-14H2,(H2,20,21)/b7-4+. The zero-order valence-corrected chi connectivity index (χ0v) is 13.6. The van der Waals surface area contributed by atoms with Crippen molar-refractivity contribution in [3.63, 3.8) is 0 Å². The van der Waals surface area contributed by atoms with Crippen LogP contribution in [0.5, 0.6) is 0 Å². The van der Waals surface area contributed by atoms with E-state index in [1.165, 1.54) is 5.56 Å². The van der Waals surface area contributed by atoms with Crippen molar-refractivity contribution in [1.82, 2.24) is 14.8 Å². The van der Waals surface area contributed by atoms with Crippen LogP contribution in [0.25, 0.3) is 6.08 Å². The zero-order chi connectivity index (χ0) is 16.8. The van der Waals surface area contributed by atoms with Crippen molar-refractivity contribution in [2.45, 2.75) is 0 Å². The van der Waals surface area contributed by atoms with Crippen LogP contribution in [-0.2, 0) is 0 Å². The number of nitrogens with zero attached hydrogens (tertiary/aromatic N) is 3. The fourth-order valence-electron chi connectivity index (χ4n) is 2.79. The van der Waals surface area contributed by atoms with Crippen LogP contribution in [0.4, 0.5) is 5.69 Å². The normalized spacial score (nSPS) is 15.8. The minimum absolute atomic E-state index is 0.0277. The smallest absolute Gasteiger partial charge is 0.257 e. The molecule has 5 nitrogen and oxygen atoms in total. The van der Waals surface area contributed by atoms with Crippen LogP contribution >= 0.6 is 0 Å². The second-order valence-electron chi connectivity index (χ2n) is 5.87. The van der Waals surface area contributed by atoms with Crippen molar-refractivity contribution in [3.8, 4) is 0 Å². The molecule has 1 aliphatic rings. The van der Waals surface area contributed by atoms with E-state index in [9.17, 15) is 4.79 Å². The Bertz CT molecular complexity index is 706. The summed E-state index contributed by atoms with van der Waals surface area (Å²) in [6, 6.07) is 11.9. The average Bonchev–Trinajstić information content (AvgIpc) is 2.63. The molecule has 2 heterocycles. The number of rotatable bonds is 4. The van der Waals surface area contributed by atoms with Crippen LogP contribution in [-0.4, -0.2) is 53.4 Å². The molecule has 1 saturated heterocycles. The molecule has 0 unspecified atom stereocenters. The number of anilines is 1. The van der Waals surface area contributed by atoms with Gasteiger partial charge in [-0.3, -0.25) is 14.7 Å². The second-order valence-corrected chi connectivity index (χ2v) is 5.87. The van der Waals surface area contributed by atoms with E-state index in [0.717, 1.165) is 19.6 Å². The lowest BCUT2D eigenvalue weighted by atomic mass is 10.2. The fraction of sp³-hybridized carbons (Fsp3) is 0.263. The Hall–Kier alpha value is -2.66. The molecule has 1 aliphatic heterocycles. The summed E-state index contributed by atoms with van der Waals surface area (Å²) in [7, 11) is 0. The van der Waals surface area contributed by atoms with Crippen molar-refractivity contribution in [3.05, 3.63) is 66.0 Å². The summed E-state index contributed by atoms with van der Waals surface area (Å²) in [6.07, 6.45) is 7.45. The lowest BCUT2D eigenvalue weighted by molar-refractivity contribution is 0.0651. The molecule has 2 aromatic rings. The molecule has 1 aromatic carbocycles. The number of aromatic nitrogens is 1. The Morgan fingerprint density at radius 3 is 2.58 bits per heavy atom. The van der Waals surface area contributed by atoms with Crippen LogP contribution in [0.15, 0.2) is 54.9 Å².